The van der Waals surface area contributed by atoms with E-state index >= 15 is 0 Å². The van der Waals surface area contributed by atoms with Crippen LogP contribution in [0.5, 0.6) is 0 Å². The Hall–Kier alpha value is -0.930. The molecule has 1 aromatic carbocycles. The van der Waals surface area contributed by atoms with E-state index in [1.54, 1.807) is 0 Å². The Kier molecular flexibility index (Phi) is 4.13. The lowest BCUT2D eigenvalue weighted by Crippen LogP contribution is -2.41. The molecule has 1 aromatic rings. The average molecular weight is 236 g/mol. The van der Waals surface area contributed by atoms with Gasteiger partial charge in [0, 0.05) is 12.1 Å². The second-order valence-corrected chi connectivity index (χ2v) is 5.02. The Morgan fingerprint density at radius 2 is 1.82 bits per heavy atom. The van der Waals surface area contributed by atoms with Crippen LogP contribution < -0.4 is 5.32 Å². The van der Waals surface area contributed by atoms with Crippen LogP contribution in [-0.4, -0.2) is 31.1 Å². The molecule has 3 heteroatoms. The summed E-state index contributed by atoms with van der Waals surface area (Å²) in [7, 11) is 2.17. The third kappa shape index (κ3) is 3.51. The summed E-state index contributed by atoms with van der Waals surface area (Å²) in [6, 6.07) is 7.67. The summed E-state index contributed by atoms with van der Waals surface area (Å²) in [6.45, 7) is 4.47. The Morgan fingerprint density at radius 1 is 1.24 bits per heavy atom. The van der Waals surface area contributed by atoms with Crippen LogP contribution in [0.2, 0.25) is 0 Å². The topological polar surface area (TPSA) is 15.3 Å². The van der Waals surface area contributed by atoms with Crippen molar-refractivity contribution in [1.82, 2.24) is 10.2 Å². The van der Waals surface area contributed by atoms with Crippen LogP contribution in [0.1, 0.15) is 31.4 Å². The highest BCUT2D eigenvalue weighted by atomic mass is 19.1. The van der Waals surface area contributed by atoms with Crippen molar-refractivity contribution < 1.29 is 4.39 Å². The summed E-state index contributed by atoms with van der Waals surface area (Å²) in [5, 5.41) is 3.63. The highest BCUT2D eigenvalue weighted by Gasteiger charge is 2.18. The zero-order valence-corrected chi connectivity index (χ0v) is 10.6. The van der Waals surface area contributed by atoms with Gasteiger partial charge in [-0.15, -0.1) is 0 Å². The molecule has 1 aliphatic heterocycles. The Labute approximate surface area is 103 Å². The van der Waals surface area contributed by atoms with Crippen LogP contribution in [0.3, 0.4) is 0 Å². The van der Waals surface area contributed by atoms with Crippen molar-refractivity contribution in [3.05, 3.63) is 35.6 Å². The van der Waals surface area contributed by atoms with E-state index < -0.39 is 0 Å². The summed E-state index contributed by atoms with van der Waals surface area (Å²) in [6.07, 6.45) is 2.39. The standard InChI is InChI=1S/C14H21FN2/c1-11(12-3-5-13(15)6-4-12)16-14-7-9-17(2)10-8-14/h3-6,11,14,16H,7-10H2,1-2H3/t11-/m0/s1. The number of hydrogen-bond acceptors (Lipinski definition) is 2. The van der Waals surface area contributed by atoms with Gasteiger partial charge >= 0.3 is 0 Å². The molecule has 0 bridgehead atoms. The number of piperidine rings is 1. The van der Waals surface area contributed by atoms with E-state index in [0.717, 1.165) is 18.7 Å². The third-order valence-corrected chi connectivity index (χ3v) is 3.57. The van der Waals surface area contributed by atoms with Gasteiger partial charge in [0.15, 0.2) is 0 Å². The maximum atomic E-state index is 12.8. The average Bonchev–Trinajstić information content (AvgIpc) is 2.33. The molecule has 1 aliphatic rings. The van der Waals surface area contributed by atoms with Crippen LogP contribution in [-0.2, 0) is 0 Å². The van der Waals surface area contributed by atoms with Gasteiger partial charge in [-0.05, 0) is 57.6 Å². The van der Waals surface area contributed by atoms with Gasteiger partial charge in [-0.25, -0.2) is 4.39 Å². The second-order valence-electron chi connectivity index (χ2n) is 5.02. The molecule has 1 saturated heterocycles. The first-order valence-corrected chi connectivity index (χ1v) is 6.35. The SMILES string of the molecule is C[C@H](NC1CCN(C)CC1)c1ccc(F)cc1. The van der Waals surface area contributed by atoms with E-state index in [9.17, 15) is 4.39 Å². The van der Waals surface area contributed by atoms with Crippen LogP contribution >= 0.6 is 0 Å². The summed E-state index contributed by atoms with van der Waals surface area (Å²) >= 11 is 0. The molecular formula is C14H21FN2. The molecule has 2 rings (SSSR count). The second kappa shape index (κ2) is 5.61. The van der Waals surface area contributed by atoms with Crippen molar-refractivity contribution in [2.24, 2.45) is 0 Å². The number of hydrogen-bond donors (Lipinski definition) is 1. The molecule has 0 saturated carbocycles. The number of benzene rings is 1. The van der Waals surface area contributed by atoms with Crippen LogP contribution in [0, 0.1) is 5.82 Å². The van der Waals surface area contributed by atoms with Gasteiger partial charge in [0.25, 0.3) is 0 Å². The molecule has 0 aromatic heterocycles. The highest BCUT2D eigenvalue weighted by molar-refractivity contribution is 5.19. The zero-order valence-electron chi connectivity index (χ0n) is 10.6. The Balaban J connectivity index is 1.88. The van der Waals surface area contributed by atoms with E-state index in [0.29, 0.717) is 12.1 Å². The van der Waals surface area contributed by atoms with E-state index in [1.807, 2.05) is 12.1 Å². The lowest BCUT2D eigenvalue weighted by molar-refractivity contribution is 0.226. The van der Waals surface area contributed by atoms with Gasteiger partial charge in [-0.1, -0.05) is 12.1 Å². The third-order valence-electron chi connectivity index (χ3n) is 3.57. The van der Waals surface area contributed by atoms with Crippen LogP contribution in [0.4, 0.5) is 4.39 Å². The normalized spacial score (nSPS) is 20.4. The first kappa shape index (κ1) is 12.5. The fourth-order valence-corrected chi connectivity index (χ4v) is 2.38. The quantitative estimate of drug-likeness (QED) is 0.867. The van der Waals surface area contributed by atoms with Gasteiger partial charge in [-0.3, -0.25) is 0 Å². The minimum atomic E-state index is -0.166. The summed E-state index contributed by atoms with van der Waals surface area (Å²) in [4.78, 5) is 2.36. The first-order valence-electron chi connectivity index (χ1n) is 6.35. The van der Waals surface area contributed by atoms with Crippen molar-refractivity contribution in [2.75, 3.05) is 20.1 Å². The molecule has 0 amide bonds. The van der Waals surface area contributed by atoms with Gasteiger partial charge in [0.05, 0.1) is 0 Å². The van der Waals surface area contributed by atoms with Crippen LogP contribution in [0.25, 0.3) is 0 Å². The number of halogens is 1. The molecule has 1 fully saturated rings. The lowest BCUT2D eigenvalue weighted by Gasteiger charge is -2.31. The molecule has 1 atom stereocenters. The minimum Gasteiger partial charge on any atom is -0.307 e. The molecule has 17 heavy (non-hydrogen) atoms. The summed E-state index contributed by atoms with van der Waals surface area (Å²) in [5.74, 6) is -0.166. The van der Waals surface area contributed by atoms with Crippen molar-refractivity contribution >= 4 is 0 Å². The van der Waals surface area contributed by atoms with Gasteiger partial charge in [0.2, 0.25) is 0 Å². The van der Waals surface area contributed by atoms with E-state index in [-0.39, 0.29) is 5.82 Å². The van der Waals surface area contributed by atoms with Crippen molar-refractivity contribution in [3.63, 3.8) is 0 Å². The number of nitrogens with one attached hydrogen (secondary N) is 1. The predicted octanol–water partition coefficient (Wildman–Crippen LogP) is 2.57. The van der Waals surface area contributed by atoms with Gasteiger partial charge in [-0.2, -0.15) is 0 Å². The predicted molar refractivity (Wildman–Crippen MR) is 68.5 cm³/mol. The number of nitrogens with zero attached hydrogens (tertiary/aromatic N) is 1. The first-order chi connectivity index (χ1) is 8.15. The fourth-order valence-electron chi connectivity index (χ4n) is 2.38. The molecule has 0 aliphatic carbocycles. The monoisotopic (exact) mass is 236 g/mol. The molecule has 94 valence electrons. The Morgan fingerprint density at radius 3 is 2.41 bits per heavy atom. The smallest absolute Gasteiger partial charge is 0.123 e. The minimum absolute atomic E-state index is 0.166. The molecular weight excluding hydrogens is 215 g/mol. The van der Waals surface area contributed by atoms with E-state index in [1.165, 1.54) is 25.0 Å². The molecule has 0 unspecified atom stereocenters. The lowest BCUT2D eigenvalue weighted by atomic mass is 10.0. The Bertz CT molecular complexity index is 342. The number of rotatable bonds is 3. The maximum absolute atomic E-state index is 12.8. The highest BCUT2D eigenvalue weighted by Crippen LogP contribution is 2.17. The summed E-state index contributed by atoms with van der Waals surface area (Å²) < 4.78 is 12.8. The molecule has 0 radical (unpaired) electrons. The van der Waals surface area contributed by atoms with Gasteiger partial charge in [0.1, 0.15) is 5.82 Å². The molecule has 0 spiro atoms. The van der Waals surface area contributed by atoms with E-state index in [2.05, 4.69) is 24.2 Å². The van der Waals surface area contributed by atoms with E-state index in [4.69, 9.17) is 0 Å². The largest absolute Gasteiger partial charge is 0.307 e. The van der Waals surface area contributed by atoms with Crippen molar-refractivity contribution in [2.45, 2.75) is 31.8 Å². The van der Waals surface area contributed by atoms with Crippen molar-refractivity contribution in [1.29, 1.82) is 0 Å². The summed E-state index contributed by atoms with van der Waals surface area (Å²) in [5.41, 5.74) is 1.16. The van der Waals surface area contributed by atoms with Crippen LogP contribution in [0.15, 0.2) is 24.3 Å². The van der Waals surface area contributed by atoms with Crippen molar-refractivity contribution in [3.8, 4) is 0 Å². The zero-order chi connectivity index (χ0) is 12.3. The number of likely N-dealkylation sites (tertiary alicyclic amines) is 1. The molecule has 2 nitrogen and oxygen atoms in total. The maximum Gasteiger partial charge on any atom is 0.123 e. The molecule has 1 N–H and O–H groups in total. The van der Waals surface area contributed by atoms with Gasteiger partial charge < -0.3 is 10.2 Å². The fraction of sp³-hybridized carbons (Fsp3) is 0.571. The molecule has 1 heterocycles.